The zero-order chi connectivity index (χ0) is 31.0. The van der Waals surface area contributed by atoms with Crippen molar-refractivity contribution in [1.29, 1.82) is 0 Å². The minimum atomic E-state index is -0.494. The van der Waals surface area contributed by atoms with E-state index in [1.165, 1.54) is 43.2 Å². The molecule has 10 rings (SSSR count). The van der Waals surface area contributed by atoms with Crippen LogP contribution in [-0.4, -0.2) is 15.0 Å². The van der Waals surface area contributed by atoms with Gasteiger partial charge in [-0.1, -0.05) is 121 Å². The number of rotatable bonds is 3. The van der Waals surface area contributed by atoms with Crippen LogP contribution < -0.4 is 0 Å². The summed E-state index contributed by atoms with van der Waals surface area (Å²) in [4.78, 5) is 17.6. The molecule has 5 heteroatoms. The fourth-order valence-electron chi connectivity index (χ4n) is 7.43. The van der Waals surface area contributed by atoms with E-state index in [0.29, 0.717) is 17.5 Å². The first kappa shape index (κ1) is 26.4. The smallest absolute Gasteiger partial charge is 0.164 e. The maximum absolute atomic E-state index is 6.02. The first-order valence-electron chi connectivity index (χ1n) is 15.7. The van der Waals surface area contributed by atoms with Gasteiger partial charge in [0.1, 0.15) is 5.58 Å². The van der Waals surface area contributed by atoms with Crippen LogP contribution in [0.1, 0.15) is 22.3 Å². The third-order valence-corrected chi connectivity index (χ3v) is 10.6. The molecule has 1 aliphatic heterocycles. The summed E-state index contributed by atoms with van der Waals surface area (Å²) in [5.74, 6) is 1.95. The van der Waals surface area contributed by atoms with Crippen LogP contribution in [0.5, 0.6) is 0 Å². The first-order valence-corrected chi connectivity index (χ1v) is 16.5. The summed E-state index contributed by atoms with van der Waals surface area (Å²) in [6, 6.07) is 51.3. The normalized spacial score (nSPS) is 13.6. The molecule has 8 aromatic rings. The van der Waals surface area contributed by atoms with E-state index in [2.05, 4.69) is 78.9 Å². The third kappa shape index (κ3) is 3.87. The first-order chi connectivity index (χ1) is 23.3. The van der Waals surface area contributed by atoms with Crippen molar-refractivity contribution in [3.8, 4) is 45.3 Å². The molecule has 6 aromatic carbocycles. The number of aromatic nitrogens is 3. The van der Waals surface area contributed by atoms with Crippen LogP contribution in [0.4, 0.5) is 0 Å². The molecule has 0 amide bonds. The molecule has 4 nitrogen and oxygen atoms in total. The Morgan fingerprint density at radius 3 is 1.64 bits per heavy atom. The summed E-state index contributed by atoms with van der Waals surface area (Å²) in [6.07, 6.45) is 1.78. The molecule has 220 valence electrons. The lowest BCUT2D eigenvalue weighted by atomic mass is 9.67. The molecule has 0 unspecified atom stereocenters. The van der Waals surface area contributed by atoms with Crippen LogP contribution in [0.15, 0.2) is 166 Å². The highest BCUT2D eigenvalue weighted by atomic mass is 32.2. The molecule has 0 radical (unpaired) electrons. The van der Waals surface area contributed by atoms with Gasteiger partial charge in [0, 0.05) is 31.9 Å². The Kier molecular flexibility index (Phi) is 5.69. The van der Waals surface area contributed by atoms with Gasteiger partial charge < -0.3 is 4.42 Å². The topological polar surface area (TPSA) is 51.8 Å². The van der Waals surface area contributed by atoms with Gasteiger partial charge in [-0.25, -0.2) is 15.0 Å². The largest absolute Gasteiger partial charge is 0.464 e. The van der Waals surface area contributed by atoms with E-state index in [-0.39, 0.29) is 0 Å². The number of nitrogens with zero attached hydrogens (tertiary/aromatic N) is 3. The summed E-state index contributed by atoms with van der Waals surface area (Å²) in [5, 5.41) is 1.08. The van der Waals surface area contributed by atoms with E-state index in [1.54, 1.807) is 6.26 Å². The molecule has 0 atom stereocenters. The zero-order valence-corrected chi connectivity index (χ0v) is 25.9. The maximum Gasteiger partial charge on any atom is 0.164 e. The standard InChI is InChI=1S/C42H25N3OS/c1-3-11-26(12-4-1)39-43-40(27-13-5-2-6-14-27)45-41(44-39)29-19-20-32-30(24-29)31-23-28-21-22-46-36(28)25-35(31)42(32)33-15-7-9-17-37(33)47-38-18-10-8-16-34(38)42/h1-25H. The number of fused-ring (bicyclic) bond motifs is 10. The highest BCUT2D eigenvalue weighted by Gasteiger charge is 2.50. The highest BCUT2D eigenvalue weighted by molar-refractivity contribution is 7.99. The summed E-state index contributed by atoms with van der Waals surface area (Å²) in [6.45, 7) is 0. The van der Waals surface area contributed by atoms with E-state index in [9.17, 15) is 0 Å². The summed E-state index contributed by atoms with van der Waals surface area (Å²) in [5.41, 5.74) is 10.7. The molecule has 2 aromatic heterocycles. The predicted octanol–water partition coefficient (Wildman–Crippen LogP) is 10.4. The maximum atomic E-state index is 6.02. The molecule has 0 bridgehead atoms. The number of furan rings is 1. The Labute approximate surface area is 275 Å². The lowest BCUT2D eigenvalue weighted by molar-refractivity contribution is 0.614. The van der Waals surface area contributed by atoms with Crippen LogP contribution in [0, 0.1) is 0 Å². The molecule has 0 N–H and O–H groups in total. The van der Waals surface area contributed by atoms with Crippen molar-refractivity contribution in [3.63, 3.8) is 0 Å². The molecule has 0 saturated carbocycles. The van der Waals surface area contributed by atoms with Crippen molar-refractivity contribution in [3.05, 3.63) is 174 Å². The Balaban J connectivity index is 1.26. The monoisotopic (exact) mass is 619 g/mol. The Bertz CT molecular complexity index is 2400. The molecular formula is C42H25N3OS. The van der Waals surface area contributed by atoms with Crippen LogP contribution in [0.3, 0.4) is 0 Å². The Morgan fingerprint density at radius 1 is 0.447 bits per heavy atom. The summed E-state index contributed by atoms with van der Waals surface area (Å²) >= 11 is 1.85. The van der Waals surface area contributed by atoms with E-state index in [0.717, 1.165) is 27.7 Å². The van der Waals surface area contributed by atoms with Gasteiger partial charge in [-0.15, -0.1) is 0 Å². The van der Waals surface area contributed by atoms with Crippen LogP contribution in [-0.2, 0) is 5.41 Å². The van der Waals surface area contributed by atoms with Crippen molar-refractivity contribution in [2.75, 3.05) is 0 Å². The SMILES string of the molecule is c1ccc(-c2nc(-c3ccccc3)nc(-c3ccc4c(c3)-c3cc5ccoc5cc3C43c4ccccc4Sc4ccccc43)n2)cc1. The molecule has 47 heavy (non-hydrogen) atoms. The second kappa shape index (κ2) is 10.1. The second-order valence-corrected chi connectivity index (χ2v) is 13.1. The average molecular weight is 620 g/mol. The Hall–Kier alpha value is -5.78. The van der Waals surface area contributed by atoms with Gasteiger partial charge in [0.05, 0.1) is 11.7 Å². The predicted molar refractivity (Wildman–Crippen MR) is 187 cm³/mol. The van der Waals surface area contributed by atoms with Gasteiger partial charge in [-0.05, 0) is 69.8 Å². The van der Waals surface area contributed by atoms with E-state index in [4.69, 9.17) is 19.4 Å². The van der Waals surface area contributed by atoms with Gasteiger partial charge in [-0.3, -0.25) is 0 Å². The average Bonchev–Trinajstić information content (AvgIpc) is 3.72. The van der Waals surface area contributed by atoms with E-state index >= 15 is 0 Å². The molecule has 0 saturated heterocycles. The quantitative estimate of drug-likeness (QED) is 0.197. The number of benzene rings is 6. The van der Waals surface area contributed by atoms with Crippen LogP contribution >= 0.6 is 11.8 Å². The molecular weight excluding hydrogens is 595 g/mol. The fourth-order valence-corrected chi connectivity index (χ4v) is 8.63. The van der Waals surface area contributed by atoms with E-state index in [1.807, 2.05) is 78.5 Å². The zero-order valence-electron chi connectivity index (χ0n) is 25.1. The number of hydrogen-bond acceptors (Lipinski definition) is 5. The molecule has 2 aliphatic rings. The minimum absolute atomic E-state index is 0.494. The van der Waals surface area contributed by atoms with Crippen molar-refractivity contribution < 1.29 is 4.42 Å². The lowest BCUT2D eigenvalue weighted by Crippen LogP contribution is -2.31. The number of hydrogen-bond donors (Lipinski definition) is 0. The third-order valence-electron chi connectivity index (χ3n) is 9.47. The van der Waals surface area contributed by atoms with Crippen LogP contribution in [0.25, 0.3) is 56.3 Å². The molecule has 0 fully saturated rings. The Morgan fingerprint density at radius 2 is 1.00 bits per heavy atom. The second-order valence-electron chi connectivity index (χ2n) is 12.0. The molecule has 1 spiro atoms. The van der Waals surface area contributed by atoms with Crippen molar-refractivity contribution >= 4 is 22.7 Å². The van der Waals surface area contributed by atoms with Crippen LogP contribution in [0.2, 0.25) is 0 Å². The highest BCUT2D eigenvalue weighted by Crippen LogP contribution is 2.62. The van der Waals surface area contributed by atoms with Crippen molar-refractivity contribution in [2.45, 2.75) is 15.2 Å². The molecule has 1 aliphatic carbocycles. The van der Waals surface area contributed by atoms with Crippen molar-refractivity contribution in [2.24, 2.45) is 0 Å². The van der Waals surface area contributed by atoms with E-state index < -0.39 is 5.41 Å². The lowest BCUT2D eigenvalue weighted by Gasteiger charge is -2.39. The van der Waals surface area contributed by atoms with Gasteiger partial charge in [-0.2, -0.15) is 0 Å². The summed E-state index contributed by atoms with van der Waals surface area (Å²) < 4.78 is 6.02. The fraction of sp³-hybridized carbons (Fsp3) is 0.0238. The van der Waals surface area contributed by atoms with Crippen molar-refractivity contribution in [1.82, 2.24) is 15.0 Å². The van der Waals surface area contributed by atoms with Gasteiger partial charge in [0.2, 0.25) is 0 Å². The summed E-state index contributed by atoms with van der Waals surface area (Å²) in [7, 11) is 0. The van der Waals surface area contributed by atoms with Gasteiger partial charge in [0.25, 0.3) is 0 Å². The van der Waals surface area contributed by atoms with Gasteiger partial charge in [0.15, 0.2) is 17.5 Å². The van der Waals surface area contributed by atoms with Gasteiger partial charge >= 0.3 is 0 Å². The minimum Gasteiger partial charge on any atom is -0.464 e. The molecule has 3 heterocycles.